The molecular weight excluding hydrogens is 497 g/mol. The molecule has 3 heteroatoms. The summed E-state index contributed by atoms with van der Waals surface area (Å²) >= 11 is 0. The Labute approximate surface area is 175 Å². The van der Waals surface area contributed by atoms with Crippen LogP contribution in [0.1, 0.15) is 96.8 Å². The molecule has 0 N–H and O–H groups in total. The van der Waals surface area contributed by atoms with Crippen LogP contribution in [-0.2, 0) is 32.5 Å². The van der Waals surface area contributed by atoms with Crippen LogP contribution in [-0.4, -0.2) is 5.97 Å². The van der Waals surface area contributed by atoms with Crippen molar-refractivity contribution in [2.45, 2.75) is 96.8 Å². The Morgan fingerprint density at radius 1 is 0.720 bits per heavy atom. The first-order valence-electron chi connectivity index (χ1n) is 10.1. The molecule has 0 saturated carbocycles. The Bertz CT molecular complexity index is 406. The van der Waals surface area contributed by atoms with Crippen molar-refractivity contribution in [3.05, 3.63) is 30.3 Å². The average Bonchev–Trinajstić information content (AvgIpc) is 2.60. The van der Waals surface area contributed by atoms with Gasteiger partial charge in [0.05, 0.1) is 0 Å². The molecule has 0 unspecified atom stereocenters. The number of ether oxygens (including phenoxy) is 1. The molecule has 0 amide bonds. The number of benzene rings is 1. The monoisotopic (exact) mass is 534 g/mol. The van der Waals surface area contributed by atoms with Crippen molar-refractivity contribution in [3.8, 4) is 5.75 Å². The minimum Gasteiger partial charge on any atom is -0.427 e. The number of carbonyl (C=O) groups is 1. The zero-order valence-corrected chi connectivity index (χ0v) is 21.8. The molecule has 138 valence electrons. The largest absolute Gasteiger partial charge is 0.427 e. The molecule has 0 radical (unpaired) electrons. The van der Waals surface area contributed by atoms with Gasteiger partial charge in [0.1, 0.15) is 5.75 Å². The molecule has 0 aromatic heterocycles. The van der Waals surface area contributed by atoms with Gasteiger partial charge in [0.15, 0.2) is 0 Å². The van der Waals surface area contributed by atoms with Crippen LogP contribution in [0, 0.1) is 0 Å². The maximum absolute atomic E-state index is 11.7. The van der Waals surface area contributed by atoms with E-state index in [9.17, 15) is 4.79 Å². The summed E-state index contributed by atoms with van der Waals surface area (Å²) in [5, 5.41) is 0. The van der Waals surface area contributed by atoms with Gasteiger partial charge in [-0.25, -0.2) is 0 Å². The number of rotatable bonds is 15. The maximum atomic E-state index is 11.7. The summed E-state index contributed by atoms with van der Waals surface area (Å²) in [6.07, 6.45) is 17.7. The van der Waals surface area contributed by atoms with Crippen molar-refractivity contribution >= 4 is 5.97 Å². The molecule has 0 spiro atoms. The quantitative estimate of drug-likeness (QED) is 0.104. The van der Waals surface area contributed by atoms with E-state index in [1.54, 1.807) is 0 Å². The molecule has 1 aromatic carbocycles. The van der Waals surface area contributed by atoms with Crippen molar-refractivity contribution in [2.24, 2.45) is 0 Å². The first-order chi connectivity index (χ1) is 11.8. The van der Waals surface area contributed by atoms with Crippen molar-refractivity contribution in [3.63, 3.8) is 0 Å². The predicted molar refractivity (Wildman–Crippen MR) is 102 cm³/mol. The summed E-state index contributed by atoms with van der Waals surface area (Å²) in [6, 6.07) is 9.33. The molecule has 0 fully saturated rings. The molecule has 2 nitrogen and oxygen atoms in total. The predicted octanol–water partition coefficient (Wildman–Crippen LogP) is 7.07. The van der Waals surface area contributed by atoms with Crippen LogP contribution < -0.4 is 4.74 Å². The van der Waals surface area contributed by atoms with Gasteiger partial charge in [-0.1, -0.05) is 102 Å². The molecule has 0 atom stereocenters. The first kappa shape index (κ1) is 24.6. The topological polar surface area (TPSA) is 26.3 Å². The van der Waals surface area contributed by atoms with E-state index in [0.29, 0.717) is 12.2 Å². The summed E-state index contributed by atoms with van der Waals surface area (Å²) in [5.41, 5.74) is 0. The van der Waals surface area contributed by atoms with Crippen molar-refractivity contribution in [2.75, 3.05) is 0 Å². The van der Waals surface area contributed by atoms with Crippen LogP contribution in [0.5, 0.6) is 5.75 Å². The van der Waals surface area contributed by atoms with Crippen molar-refractivity contribution < 1.29 is 37.2 Å². The Balaban J connectivity index is 0.00000576. The van der Waals surface area contributed by atoms with Gasteiger partial charge in [-0.15, -0.1) is 0 Å². The number of para-hydroxylation sites is 1. The molecule has 0 aliphatic heterocycles. The van der Waals surface area contributed by atoms with Crippen LogP contribution in [0.25, 0.3) is 0 Å². The van der Waals surface area contributed by atoms with Gasteiger partial charge < -0.3 is 4.74 Å². The standard InChI is InChI=1S/C22H36O2.Hg/c1-2-3-4-5-6-7-8-9-10-11-12-13-17-20-22(23)24-21-18-15-14-16-19-21;/h14-16,18-19H,2-13,17,20H2,1H3;. The van der Waals surface area contributed by atoms with Crippen LogP contribution in [0.3, 0.4) is 0 Å². The number of hydrogen-bond acceptors (Lipinski definition) is 2. The average molecular weight is 533 g/mol. The van der Waals surface area contributed by atoms with Crippen LogP contribution in [0.4, 0.5) is 0 Å². The normalized spacial score (nSPS) is 10.3. The SMILES string of the molecule is CCCCCCCCCCCCCCCC(=O)Oc1ccccc1.[Hg]. The maximum Gasteiger partial charge on any atom is 0.311 e. The minimum atomic E-state index is -0.107. The van der Waals surface area contributed by atoms with E-state index in [1.165, 1.54) is 70.6 Å². The number of esters is 1. The molecule has 0 heterocycles. The molecule has 0 bridgehead atoms. The summed E-state index contributed by atoms with van der Waals surface area (Å²) in [6.45, 7) is 2.27. The first-order valence-corrected chi connectivity index (χ1v) is 10.1. The summed E-state index contributed by atoms with van der Waals surface area (Å²) < 4.78 is 5.28. The fraction of sp³-hybridized carbons (Fsp3) is 0.682. The molecule has 0 saturated heterocycles. The Morgan fingerprint density at radius 2 is 1.16 bits per heavy atom. The van der Waals surface area contributed by atoms with E-state index in [2.05, 4.69) is 6.92 Å². The van der Waals surface area contributed by atoms with Crippen LogP contribution >= 0.6 is 0 Å². The van der Waals surface area contributed by atoms with Crippen LogP contribution in [0.15, 0.2) is 30.3 Å². The molecule has 1 aromatic rings. The Hall–Kier alpha value is -0.375. The van der Waals surface area contributed by atoms with Crippen LogP contribution in [0.2, 0.25) is 0 Å². The van der Waals surface area contributed by atoms with E-state index >= 15 is 0 Å². The molecular formula is C22H36HgO2. The van der Waals surface area contributed by atoms with Gasteiger partial charge >= 0.3 is 5.97 Å². The number of carbonyl (C=O) groups excluding carboxylic acids is 1. The molecule has 0 aliphatic rings. The van der Waals surface area contributed by atoms with Gasteiger partial charge in [-0.3, -0.25) is 4.79 Å². The minimum absolute atomic E-state index is 0. The summed E-state index contributed by atoms with van der Waals surface area (Å²) in [5.74, 6) is 0.543. The van der Waals surface area contributed by atoms with E-state index < -0.39 is 0 Å². The van der Waals surface area contributed by atoms with Gasteiger partial charge in [0, 0.05) is 34.1 Å². The van der Waals surface area contributed by atoms with E-state index in [1.807, 2.05) is 30.3 Å². The second-order valence-electron chi connectivity index (χ2n) is 6.78. The fourth-order valence-electron chi connectivity index (χ4n) is 2.96. The third-order valence-electron chi connectivity index (χ3n) is 4.46. The third kappa shape index (κ3) is 15.6. The zero-order valence-electron chi connectivity index (χ0n) is 16.3. The van der Waals surface area contributed by atoms with Gasteiger partial charge in [0.25, 0.3) is 0 Å². The number of unbranched alkanes of at least 4 members (excludes halogenated alkanes) is 12. The van der Waals surface area contributed by atoms with E-state index in [4.69, 9.17) is 4.74 Å². The molecule has 25 heavy (non-hydrogen) atoms. The van der Waals surface area contributed by atoms with Crippen molar-refractivity contribution in [1.82, 2.24) is 0 Å². The Kier molecular flexibility index (Phi) is 18.1. The van der Waals surface area contributed by atoms with Gasteiger partial charge in [-0.05, 0) is 18.6 Å². The van der Waals surface area contributed by atoms with Gasteiger partial charge in [0.2, 0.25) is 0 Å². The Morgan fingerprint density at radius 3 is 1.64 bits per heavy atom. The molecule has 0 aliphatic carbocycles. The third-order valence-corrected chi connectivity index (χ3v) is 4.46. The number of hydrogen-bond donors (Lipinski definition) is 0. The smallest absolute Gasteiger partial charge is 0.311 e. The van der Waals surface area contributed by atoms with Crippen molar-refractivity contribution in [1.29, 1.82) is 0 Å². The van der Waals surface area contributed by atoms with E-state index in [-0.39, 0.29) is 33.6 Å². The summed E-state index contributed by atoms with van der Waals surface area (Å²) in [7, 11) is 0. The summed E-state index contributed by atoms with van der Waals surface area (Å²) in [4.78, 5) is 11.7. The zero-order chi connectivity index (χ0) is 17.3. The fourth-order valence-corrected chi connectivity index (χ4v) is 2.96. The second kappa shape index (κ2) is 18.4. The van der Waals surface area contributed by atoms with Gasteiger partial charge in [-0.2, -0.15) is 0 Å². The van der Waals surface area contributed by atoms with E-state index in [0.717, 1.165) is 12.8 Å². The second-order valence-corrected chi connectivity index (χ2v) is 6.78. The molecule has 1 rings (SSSR count).